The number of rotatable bonds is 2. The van der Waals surface area contributed by atoms with Crippen LogP contribution < -0.4 is 10.6 Å². The second kappa shape index (κ2) is 6.27. The molecule has 0 aromatic carbocycles. The monoisotopic (exact) mass is 347 g/mol. The van der Waals surface area contributed by atoms with Gasteiger partial charge in [-0.3, -0.25) is 4.79 Å². The van der Waals surface area contributed by atoms with Gasteiger partial charge in [0.1, 0.15) is 17.0 Å². The first-order valence-corrected chi connectivity index (χ1v) is 9.14. The van der Waals surface area contributed by atoms with Gasteiger partial charge < -0.3 is 20.3 Å². The van der Waals surface area contributed by atoms with Gasteiger partial charge in [-0.05, 0) is 24.3 Å². The Balaban J connectivity index is 1.45. The molecular weight excluding hydrogens is 326 g/mol. The van der Waals surface area contributed by atoms with Crippen LogP contribution in [-0.4, -0.2) is 65.7 Å². The van der Waals surface area contributed by atoms with Crippen LogP contribution in [0.3, 0.4) is 0 Å². The molecule has 8 heteroatoms. The molecule has 0 saturated carbocycles. The van der Waals surface area contributed by atoms with E-state index in [0.29, 0.717) is 39.1 Å². The van der Waals surface area contributed by atoms with Gasteiger partial charge in [0, 0.05) is 39.4 Å². The molecule has 1 amide bonds. The van der Waals surface area contributed by atoms with E-state index in [0.717, 1.165) is 29.1 Å². The van der Waals surface area contributed by atoms with Crippen molar-refractivity contribution in [3.8, 4) is 0 Å². The van der Waals surface area contributed by atoms with Crippen LogP contribution in [0, 0.1) is 0 Å². The number of fused-ring (bicyclic) bond motifs is 1. The molecule has 2 aromatic rings. The lowest BCUT2D eigenvalue weighted by Crippen LogP contribution is -2.61. The molecule has 4 heterocycles. The van der Waals surface area contributed by atoms with E-state index >= 15 is 0 Å². The highest BCUT2D eigenvalue weighted by Gasteiger charge is 2.39. The minimum atomic E-state index is -0.754. The fraction of sp³-hybridized carbons (Fsp3) is 0.562. The van der Waals surface area contributed by atoms with E-state index in [1.54, 1.807) is 17.7 Å². The number of aromatic nitrogens is 2. The standard InChI is InChI=1S/C16H21N5O2S/c17-16(2-8-23-9-3-16)15(22)21-6-4-20(5-7-21)13-12-1-10-24-14(12)19-11-18-13/h1,10-11H,2-9,17H2. The fourth-order valence-electron chi connectivity index (χ4n) is 3.41. The predicted molar refractivity (Wildman–Crippen MR) is 93.2 cm³/mol. The van der Waals surface area contributed by atoms with E-state index < -0.39 is 5.54 Å². The molecule has 0 atom stereocenters. The van der Waals surface area contributed by atoms with E-state index in [4.69, 9.17) is 10.5 Å². The third-order valence-corrected chi connectivity index (χ3v) is 5.74. The minimum Gasteiger partial charge on any atom is -0.381 e. The molecule has 0 unspecified atom stereocenters. The van der Waals surface area contributed by atoms with Gasteiger partial charge in [0.25, 0.3) is 0 Å². The quantitative estimate of drug-likeness (QED) is 0.867. The maximum Gasteiger partial charge on any atom is 0.242 e. The van der Waals surface area contributed by atoms with Crippen LogP contribution in [0.15, 0.2) is 17.8 Å². The molecule has 2 N–H and O–H groups in total. The van der Waals surface area contributed by atoms with E-state index in [1.165, 1.54) is 0 Å². The molecular formula is C16H21N5O2S. The summed E-state index contributed by atoms with van der Waals surface area (Å²) in [5.41, 5.74) is 5.58. The predicted octanol–water partition coefficient (Wildman–Crippen LogP) is 0.848. The normalized spacial score (nSPS) is 21.2. The van der Waals surface area contributed by atoms with Crippen LogP contribution in [0.2, 0.25) is 0 Å². The first-order chi connectivity index (χ1) is 11.7. The van der Waals surface area contributed by atoms with Gasteiger partial charge in [-0.1, -0.05) is 0 Å². The Morgan fingerprint density at radius 2 is 1.96 bits per heavy atom. The third-order valence-electron chi connectivity index (χ3n) is 4.92. The molecule has 4 rings (SSSR count). The Morgan fingerprint density at radius 1 is 1.21 bits per heavy atom. The summed E-state index contributed by atoms with van der Waals surface area (Å²) in [6.45, 7) is 4.02. The highest BCUT2D eigenvalue weighted by atomic mass is 32.1. The van der Waals surface area contributed by atoms with E-state index in [9.17, 15) is 4.79 Å². The zero-order chi connectivity index (χ0) is 16.6. The summed E-state index contributed by atoms with van der Waals surface area (Å²) >= 11 is 1.62. The first-order valence-electron chi connectivity index (χ1n) is 8.26. The number of nitrogens with zero attached hydrogens (tertiary/aromatic N) is 4. The van der Waals surface area contributed by atoms with E-state index in [2.05, 4.69) is 20.9 Å². The van der Waals surface area contributed by atoms with Gasteiger partial charge >= 0.3 is 0 Å². The number of thiophene rings is 1. The summed E-state index contributed by atoms with van der Waals surface area (Å²) in [7, 11) is 0. The SMILES string of the molecule is NC1(C(=O)N2CCN(c3ncnc4sccc34)CC2)CCOCC1. The second-order valence-corrected chi connectivity index (χ2v) is 7.28. The number of hydrogen-bond acceptors (Lipinski definition) is 7. The third kappa shape index (κ3) is 2.74. The molecule has 24 heavy (non-hydrogen) atoms. The lowest BCUT2D eigenvalue weighted by Gasteiger charge is -2.41. The molecule has 0 spiro atoms. The fourth-order valence-corrected chi connectivity index (χ4v) is 4.14. The highest BCUT2D eigenvalue weighted by molar-refractivity contribution is 7.16. The van der Waals surface area contributed by atoms with Crippen molar-refractivity contribution >= 4 is 33.3 Å². The largest absolute Gasteiger partial charge is 0.381 e. The van der Waals surface area contributed by atoms with Crippen LogP contribution in [0.25, 0.3) is 10.2 Å². The summed E-state index contributed by atoms with van der Waals surface area (Å²) in [4.78, 5) is 26.7. The zero-order valence-corrected chi connectivity index (χ0v) is 14.3. The van der Waals surface area contributed by atoms with Crippen LogP contribution in [0.4, 0.5) is 5.82 Å². The number of amides is 1. The van der Waals surface area contributed by atoms with Crippen molar-refractivity contribution in [3.05, 3.63) is 17.8 Å². The van der Waals surface area contributed by atoms with Crippen molar-refractivity contribution < 1.29 is 9.53 Å². The van der Waals surface area contributed by atoms with Gasteiger partial charge in [-0.25, -0.2) is 9.97 Å². The number of nitrogens with two attached hydrogens (primary N) is 1. The van der Waals surface area contributed by atoms with Crippen molar-refractivity contribution in [2.24, 2.45) is 5.73 Å². The van der Waals surface area contributed by atoms with Gasteiger partial charge in [0.2, 0.25) is 5.91 Å². The average molecular weight is 347 g/mol. The first kappa shape index (κ1) is 15.7. The summed E-state index contributed by atoms with van der Waals surface area (Å²) in [5, 5.41) is 3.12. The van der Waals surface area contributed by atoms with Crippen molar-refractivity contribution in [1.82, 2.24) is 14.9 Å². The number of ether oxygens (including phenoxy) is 1. The van der Waals surface area contributed by atoms with Crippen molar-refractivity contribution in [2.45, 2.75) is 18.4 Å². The van der Waals surface area contributed by atoms with Crippen LogP contribution in [-0.2, 0) is 9.53 Å². The number of hydrogen-bond donors (Lipinski definition) is 1. The number of carbonyl (C=O) groups is 1. The molecule has 0 radical (unpaired) electrons. The highest BCUT2D eigenvalue weighted by Crippen LogP contribution is 2.28. The second-order valence-electron chi connectivity index (χ2n) is 6.38. The lowest BCUT2D eigenvalue weighted by atomic mass is 9.89. The maximum absolute atomic E-state index is 12.8. The molecule has 2 aromatic heterocycles. The number of anilines is 1. The maximum atomic E-state index is 12.8. The Hall–Kier alpha value is -1.77. The Labute approximate surface area is 144 Å². The number of carbonyl (C=O) groups excluding carboxylic acids is 1. The Bertz CT molecular complexity index is 735. The molecule has 0 bridgehead atoms. The molecule has 7 nitrogen and oxygen atoms in total. The molecule has 2 aliphatic rings. The molecule has 128 valence electrons. The minimum absolute atomic E-state index is 0.0637. The van der Waals surface area contributed by atoms with E-state index in [-0.39, 0.29) is 5.91 Å². The topological polar surface area (TPSA) is 84.6 Å². The van der Waals surface area contributed by atoms with Crippen molar-refractivity contribution in [3.63, 3.8) is 0 Å². The van der Waals surface area contributed by atoms with Crippen LogP contribution >= 0.6 is 11.3 Å². The smallest absolute Gasteiger partial charge is 0.242 e. The molecule has 2 saturated heterocycles. The van der Waals surface area contributed by atoms with Gasteiger partial charge in [-0.2, -0.15) is 0 Å². The summed E-state index contributed by atoms with van der Waals surface area (Å²) in [6.07, 6.45) is 2.82. The average Bonchev–Trinajstić information content (AvgIpc) is 3.11. The summed E-state index contributed by atoms with van der Waals surface area (Å²) < 4.78 is 5.34. The molecule has 0 aliphatic carbocycles. The van der Waals surface area contributed by atoms with Crippen LogP contribution in [0.5, 0.6) is 0 Å². The summed E-state index contributed by atoms with van der Waals surface area (Å²) in [6, 6.07) is 2.06. The van der Waals surface area contributed by atoms with Gasteiger partial charge in [0.15, 0.2) is 0 Å². The zero-order valence-electron chi connectivity index (χ0n) is 13.5. The van der Waals surface area contributed by atoms with Crippen molar-refractivity contribution in [2.75, 3.05) is 44.3 Å². The molecule has 2 aliphatic heterocycles. The lowest BCUT2D eigenvalue weighted by molar-refractivity contribution is -0.140. The van der Waals surface area contributed by atoms with Crippen LogP contribution in [0.1, 0.15) is 12.8 Å². The Morgan fingerprint density at radius 3 is 2.71 bits per heavy atom. The van der Waals surface area contributed by atoms with Gasteiger partial charge in [-0.15, -0.1) is 11.3 Å². The molecule has 2 fully saturated rings. The Kier molecular flexibility index (Phi) is 4.11. The summed E-state index contributed by atoms with van der Waals surface area (Å²) in [5.74, 6) is 1.02. The van der Waals surface area contributed by atoms with E-state index in [1.807, 2.05) is 10.3 Å². The number of piperazine rings is 1. The van der Waals surface area contributed by atoms with Crippen molar-refractivity contribution in [1.29, 1.82) is 0 Å². The van der Waals surface area contributed by atoms with Gasteiger partial charge in [0.05, 0.1) is 10.9 Å².